The van der Waals surface area contributed by atoms with E-state index in [1.54, 1.807) is 6.20 Å². The summed E-state index contributed by atoms with van der Waals surface area (Å²) in [6.07, 6.45) is 7.51. The second-order valence-electron chi connectivity index (χ2n) is 3.65. The molecular formula is C15H26N4. The molecule has 2 rings (SSSR count). The van der Waals surface area contributed by atoms with Crippen LogP contribution < -0.4 is 4.90 Å². The second kappa shape index (κ2) is 10.1. The molecule has 0 saturated heterocycles. The van der Waals surface area contributed by atoms with Gasteiger partial charge in [0.1, 0.15) is 0 Å². The number of anilines is 1. The Morgan fingerprint density at radius 1 is 1.11 bits per heavy atom. The largest absolute Gasteiger partial charge is 0.375 e. The molecule has 0 amide bonds. The molecule has 0 aliphatic rings. The molecule has 106 valence electrons. The Labute approximate surface area is 117 Å². The molecule has 0 aromatic carbocycles. The van der Waals surface area contributed by atoms with Crippen LogP contribution in [-0.4, -0.2) is 28.9 Å². The lowest BCUT2D eigenvalue weighted by Gasteiger charge is -2.07. The highest BCUT2D eigenvalue weighted by atomic mass is 15.3. The zero-order valence-electron chi connectivity index (χ0n) is 13.0. The van der Waals surface area contributed by atoms with Crippen LogP contribution in [0.2, 0.25) is 0 Å². The first-order valence-electron chi connectivity index (χ1n) is 6.84. The summed E-state index contributed by atoms with van der Waals surface area (Å²) in [7, 11) is 4.01. The number of hydrogen-bond acceptors (Lipinski definition) is 3. The van der Waals surface area contributed by atoms with Gasteiger partial charge in [-0.3, -0.25) is 9.67 Å². The number of nitrogens with zero attached hydrogens (tertiary/aromatic N) is 4. The standard InChI is InChI=1S/C11H14N4.2C2H6/c1-14(2)11-7-13-15(9-11)8-10-4-3-5-12-6-10;2*1-2/h3-7,9H,8H2,1-2H3;2*1-2H3. The maximum absolute atomic E-state index is 4.28. The van der Waals surface area contributed by atoms with Crippen molar-refractivity contribution in [2.24, 2.45) is 0 Å². The smallest absolute Gasteiger partial charge is 0.0747 e. The normalized spacial score (nSPS) is 8.74. The van der Waals surface area contributed by atoms with Crippen LogP contribution in [0.1, 0.15) is 33.3 Å². The Balaban J connectivity index is 0.000000741. The molecule has 4 nitrogen and oxygen atoms in total. The molecule has 0 atom stereocenters. The van der Waals surface area contributed by atoms with Crippen LogP contribution in [-0.2, 0) is 6.54 Å². The lowest BCUT2D eigenvalue weighted by Crippen LogP contribution is -2.07. The van der Waals surface area contributed by atoms with Crippen molar-refractivity contribution in [3.8, 4) is 0 Å². The fourth-order valence-electron chi connectivity index (χ4n) is 1.35. The monoisotopic (exact) mass is 262 g/mol. The summed E-state index contributed by atoms with van der Waals surface area (Å²) in [5.41, 5.74) is 2.27. The highest BCUT2D eigenvalue weighted by Gasteiger charge is 2.00. The van der Waals surface area contributed by atoms with Gasteiger partial charge in [-0.2, -0.15) is 5.10 Å². The topological polar surface area (TPSA) is 34.0 Å². The third kappa shape index (κ3) is 6.04. The minimum Gasteiger partial charge on any atom is -0.375 e. The summed E-state index contributed by atoms with van der Waals surface area (Å²) >= 11 is 0. The zero-order chi connectivity index (χ0) is 14.7. The average molecular weight is 262 g/mol. The van der Waals surface area contributed by atoms with E-state index in [1.165, 1.54) is 0 Å². The van der Waals surface area contributed by atoms with Gasteiger partial charge in [-0.1, -0.05) is 33.8 Å². The van der Waals surface area contributed by atoms with Crippen molar-refractivity contribution in [2.75, 3.05) is 19.0 Å². The van der Waals surface area contributed by atoms with Crippen molar-refractivity contribution in [3.05, 3.63) is 42.5 Å². The maximum atomic E-state index is 4.28. The number of aromatic nitrogens is 3. The Kier molecular flexibility index (Phi) is 9.14. The molecule has 0 fully saturated rings. The summed E-state index contributed by atoms with van der Waals surface area (Å²) in [6.45, 7) is 8.77. The molecule has 0 spiro atoms. The third-order valence-electron chi connectivity index (χ3n) is 2.20. The Hall–Kier alpha value is -1.84. The van der Waals surface area contributed by atoms with E-state index in [1.807, 2.05) is 82.1 Å². The number of pyridine rings is 1. The SMILES string of the molecule is CC.CC.CN(C)c1cnn(Cc2cccnc2)c1. The van der Waals surface area contributed by atoms with Crippen LogP contribution in [0, 0.1) is 0 Å². The van der Waals surface area contributed by atoms with E-state index in [-0.39, 0.29) is 0 Å². The van der Waals surface area contributed by atoms with E-state index in [0.29, 0.717) is 0 Å². The Morgan fingerprint density at radius 3 is 2.26 bits per heavy atom. The van der Waals surface area contributed by atoms with E-state index in [4.69, 9.17) is 0 Å². The minimum absolute atomic E-state index is 0.766. The van der Waals surface area contributed by atoms with Crippen molar-refractivity contribution in [3.63, 3.8) is 0 Å². The van der Waals surface area contributed by atoms with Crippen molar-refractivity contribution in [1.82, 2.24) is 14.8 Å². The van der Waals surface area contributed by atoms with Crippen LogP contribution in [0.3, 0.4) is 0 Å². The third-order valence-corrected chi connectivity index (χ3v) is 2.20. The van der Waals surface area contributed by atoms with E-state index >= 15 is 0 Å². The van der Waals surface area contributed by atoms with Gasteiger partial charge in [0, 0.05) is 32.7 Å². The van der Waals surface area contributed by atoms with Gasteiger partial charge in [-0.25, -0.2) is 0 Å². The fraction of sp³-hybridized carbons (Fsp3) is 0.467. The molecule has 0 bridgehead atoms. The lowest BCUT2D eigenvalue weighted by atomic mass is 10.3. The minimum atomic E-state index is 0.766. The van der Waals surface area contributed by atoms with Gasteiger partial charge in [0.05, 0.1) is 18.4 Å². The average Bonchev–Trinajstić information content (AvgIpc) is 2.93. The van der Waals surface area contributed by atoms with E-state index in [0.717, 1.165) is 17.8 Å². The van der Waals surface area contributed by atoms with Gasteiger partial charge in [0.25, 0.3) is 0 Å². The molecule has 0 radical (unpaired) electrons. The second-order valence-corrected chi connectivity index (χ2v) is 3.65. The quantitative estimate of drug-likeness (QED) is 0.849. The van der Waals surface area contributed by atoms with Gasteiger partial charge in [-0.15, -0.1) is 0 Å². The van der Waals surface area contributed by atoms with Gasteiger partial charge >= 0.3 is 0 Å². The summed E-state index contributed by atoms with van der Waals surface area (Å²) in [5, 5.41) is 4.28. The molecule has 0 N–H and O–H groups in total. The summed E-state index contributed by atoms with van der Waals surface area (Å²) in [5.74, 6) is 0. The Morgan fingerprint density at radius 2 is 1.79 bits per heavy atom. The molecule has 4 heteroatoms. The predicted molar refractivity (Wildman–Crippen MR) is 82.6 cm³/mol. The molecular weight excluding hydrogens is 236 g/mol. The fourth-order valence-corrected chi connectivity index (χ4v) is 1.35. The molecule has 0 unspecified atom stereocenters. The van der Waals surface area contributed by atoms with E-state index in [2.05, 4.69) is 10.1 Å². The molecule has 0 aliphatic carbocycles. The molecule has 19 heavy (non-hydrogen) atoms. The van der Waals surface area contributed by atoms with E-state index in [9.17, 15) is 0 Å². The molecule has 2 aromatic heterocycles. The number of hydrogen-bond donors (Lipinski definition) is 0. The molecule has 2 heterocycles. The van der Waals surface area contributed by atoms with Crippen LogP contribution in [0.15, 0.2) is 36.9 Å². The van der Waals surface area contributed by atoms with Gasteiger partial charge in [0.15, 0.2) is 0 Å². The number of rotatable bonds is 3. The van der Waals surface area contributed by atoms with Crippen molar-refractivity contribution < 1.29 is 0 Å². The summed E-state index contributed by atoms with van der Waals surface area (Å²) < 4.78 is 1.91. The predicted octanol–water partition coefficient (Wildman–Crippen LogP) is 3.44. The van der Waals surface area contributed by atoms with Crippen LogP contribution in [0.5, 0.6) is 0 Å². The molecule has 0 saturated carbocycles. The van der Waals surface area contributed by atoms with Crippen LogP contribution in [0.25, 0.3) is 0 Å². The molecule has 2 aromatic rings. The summed E-state index contributed by atoms with van der Waals surface area (Å²) in [6, 6.07) is 3.98. The van der Waals surface area contributed by atoms with Gasteiger partial charge in [0.2, 0.25) is 0 Å². The summed E-state index contributed by atoms with van der Waals surface area (Å²) in [4.78, 5) is 6.11. The first kappa shape index (κ1) is 17.2. The van der Waals surface area contributed by atoms with Crippen molar-refractivity contribution in [2.45, 2.75) is 34.2 Å². The van der Waals surface area contributed by atoms with Crippen LogP contribution >= 0.6 is 0 Å². The van der Waals surface area contributed by atoms with Crippen LogP contribution in [0.4, 0.5) is 5.69 Å². The van der Waals surface area contributed by atoms with E-state index < -0.39 is 0 Å². The maximum Gasteiger partial charge on any atom is 0.0747 e. The van der Waals surface area contributed by atoms with Crippen molar-refractivity contribution >= 4 is 5.69 Å². The Bertz CT molecular complexity index is 421. The lowest BCUT2D eigenvalue weighted by molar-refractivity contribution is 0.685. The van der Waals surface area contributed by atoms with Gasteiger partial charge < -0.3 is 4.90 Å². The first-order chi connectivity index (χ1) is 9.25. The zero-order valence-corrected chi connectivity index (χ0v) is 13.0. The highest BCUT2D eigenvalue weighted by Crippen LogP contribution is 2.09. The van der Waals surface area contributed by atoms with Crippen molar-refractivity contribution in [1.29, 1.82) is 0 Å². The molecule has 0 aliphatic heterocycles. The van der Waals surface area contributed by atoms with Gasteiger partial charge in [-0.05, 0) is 11.6 Å². The first-order valence-corrected chi connectivity index (χ1v) is 6.84. The highest BCUT2D eigenvalue weighted by molar-refractivity contribution is 5.40.